The van der Waals surface area contributed by atoms with Crippen LogP contribution in [0.5, 0.6) is 0 Å². The van der Waals surface area contributed by atoms with Gasteiger partial charge in [-0.15, -0.1) is 0 Å². The van der Waals surface area contributed by atoms with Crippen LogP contribution in [0.1, 0.15) is 46.0 Å². The molecule has 0 aromatic rings. The molecule has 1 aliphatic rings. The molecule has 0 amide bonds. The summed E-state index contributed by atoms with van der Waals surface area (Å²) in [6.45, 7) is 3.82. The van der Waals surface area contributed by atoms with Crippen LogP contribution >= 0.6 is 0 Å². The number of aliphatic hydroxyl groups is 4. The largest absolute Gasteiger partial charge is 0.505 e. The summed E-state index contributed by atoms with van der Waals surface area (Å²) in [5.41, 5.74) is 0. The quantitative estimate of drug-likeness (QED) is 0.433. The lowest BCUT2D eigenvalue weighted by molar-refractivity contribution is -0.147. The van der Waals surface area contributed by atoms with E-state index in [9.17, 15) is 4.79 Å². The van der Waals surface area contributed by atoms with Crippen molar-refractivity contribution in [1.82, 2.24) is 0 Å². The van der Waals surface area contributed by atoms with Gasteiger partial charge in [0, 0.05) is 0 Å². The predicted octanol–water partition coefficient (Wildman–Crippen LogP) is 1.57. The summed E-state index contributed by atoms with van der Waals surface area (Å²) in [5.74, 6) is -2.78. The Morgan fingerprint density at radius 3 is 2.00 bits per heavy atom. The highest BCUT2D eigenvalue weighted by molar-refractivity contribution is 5.89. The van der Waals surface area contributed by atoms with Crippen LogP contribution in [-0.4, -0.2) is 45.2 Å². The normalized spacial score (nSPS) is 19.8. The van der Waals surface area contributed by atoms with Gasteiger partial charge in [0.25, 0.3) is 0 Å². The third kappa shape index (κ3) is 5.94. The van der Waals surface area contributed by atoms with Crippen molar-refractivity contribution < 1.29 is 30.0 Å². The van der Waals surface area contributed by atoms with Crippen LogP contribution in [0.3, 0.4) is 0 Å². The van der Waals surface area contributed by atoms with Gasteiger partial charge in [-0.3, -0.25) is 0 Å². The number of cyclic esters (lactones) is 1. The molecule has 0 spiro atoms. The van der Waals surface area contributed by atoms with Crippen molar-refractivity contribution in [3.05, 3.63) is 11.5 Å². The smallest absolute Gasteiger partial charge is 0.377 e. The molecule has 0 saturated carbocycles. The highest BCUT2D eigenvalue weighted by atomic mass is 16.6. The second-order valence-electron chi connectivity index (χ2n) is 4.37. The van der Waals surface area contributed by atoms with E-state index < -0.39 is 36.3 Å². The van der Waals surface area contributed by atoms with E-state index in [0.29, 0.717) is 0 Å². The molecule has 0 unspecified atom stereocenters. The summed E-state index contributed by atoms with van der Waals surface area (Å²) in [6, 6.07) is 0. The van der Waals surface area contributed by atoms with Crippen molar-refractivity contribution in [2.24, 2.45) is 0 Å². The molecule has 0 fully saturated rings. The lowest BCUT2D eigenvalue weighted by Crippen LogP contribution is -2.31. The number of hydrogen-bond acceptors (Lipinski definition) is 6. The third-order valence-corrected chi connectivity index (χ3v) is 2.68. The van der Waals surface area contributed by atoms with E-state index in [1.54, 1.807) is 0 Å². The Morgan fingerprint density at radius 2 is 1.68 bits per heavy atom. The molecule has 0 radical (unpaired) electrons. The monoisotopic (exact) mass is 276 g/mol. The molecule has 4 N–H and O–H groups in total. The van der Waals surface area contributed by atoms with Crippen molar-refractivity contribution in [2.45, 2.75) is 58.2 Å². The Hall–Kier alpha value is -1.27. The minimum absolute atomic E-state index is 0.671. The first-order valence-electron chi connectivity index (χ1n) is 6.61. The van der Waals surface area contributed by atoms with Crippen molar-refractivity contribution in [3.63, 3.8) is 0 Å². The van der Waals surface area contributed by atoms with E-state index in [1.165, 1.54) is 32.1 Å². The second-order valence-corrected chi connectivity index (χ2v) is 4.37. The van der Waals surface area contributed by atoms with E-state index in [4.69, 9.17) is 20.4 Å². The molecule has 1 heterocycles. The highest BCUT2D eigenvalue weighted by Gasteiger charge is 2.38. The Labute approximate surface area is 113 Å². The van der Waals surface area contributed by atoms with Crippen LogP contribution in [0.2, 0.25) is 0 Å². The van der Waals surface area contributed by atoms with E-state index >= 15 is 0 Å². The molecule has 19 heavy (non-hydrogen) atoms. The van der Waals surface area contributed by atoms with Crippen LogP contribution in [0.25, 0.3) is 0 Å². The van der Waals surface area contributed by atoms with Gasteiger partial charge < -0.3 is 25.2 Å². The van der Waals surface area contributed by atoms with Crippen LogP contribution < -0.4 is 0 Å². The first kappa shape index (κ1) is 17.7. The number of aliphatic hydroxyl groups excluding tert-OH is 4. The zero-order valence-corrected chi connectivity index (χ0v) is 11.5. The minimum Gasteiger partial charge on any atom is -0.505 e. The maximum atomic E-state index is 10.5. The number of carbonyl (C=O) groups excluding carboxylic acids is 1. The van der Waals surface area contributed by atoms with Gasteiger partial charge in [0.1, 0.15) is 6.10 Å². The van der Waals surface area contributed by atoms with Crippen LogP contribution in [0.4, 0.5) is 0 Å². The average Bonchev–Trinajstić information content (AvgIpc) is 2.67. The van der Waals surface area contributed by atoms with Crippen molar-refractivity contribution in [3.8, 4) is 0 Å². The maximum Gasteiger partial charge on any atom is 0.377 e. The van der Waals surface area contributed by atoms with Gasteiger partial charge in [0.05, 0.1) is 6.61 Å². The number of carbonyl (C=O) groups is 1. The molecule has 0 saturated heterocycles. The molecule has 2 atom stereocenters. The zero-order chi connectivity index (χ0) is 14.8. The molecular formula is C13H24O6. The fraction of sp³-hybridized carbons (Fsp3) is 0.769. The highest BCUT2D eigenvalue weighted by Crippen LogP contribution is 2.20. The summed E-state index contributed by atoms with van der Waals surface area (Å²) in [5, 5.41) is 35.0. The van der Waals surface area contributed by atoms with Gasteiger partial charge in [-0.05, 0) is 0 Å². The summed E-state index contributed by atoms with van der Waals surface area (Å²) in [6.07, 6.45) is 4.23. The van der Waals surface area contributed by atoms with Crippen LogP contribution in [0, 0.1) is 0 Å². The SMILES string of the molecule is CCCCCCC.O=C1O[C@H]([C@@H](O)CO)C(O)=C1O. The molecule has 1 aliphatic heterocycles. The van der Waals surface area contributed by atoms with Gasteiger partial charge in [-0.2, -0.15) is 0 Å². The topological polar surface area (TPSA) is 107 Å². The van der Waals surface area contributed by atoms with Crippen molar-refractivity contribution in [2.75, 3.05) is 6.61 Å². The number of hydrogen-bond donors (Lipinski definition) is 4. The molecule has 112 valence electrons. The zero-order valence-electron chi connectivity index (χ0n) is 11.5. The fourth-order valence-electron chi connectivity index (χ4n) is 1.50. The van der Waals surface area contributed by atoms with E-state index in [1.807, 2.05) is 0 Å². The van der Waals surface area contributed by atoms with Gasteiger partial charge in [-0.1, -0.05) is 46.0 Å². The van der Waals surface area contributed by atoms with Gasteiger partial charge in [0.15, 0.2) is 11.9 Å². The van der Waals surface area contributed by atoms with Gasteiger partial charge in [-0.25, -0.2) is 4.79 Å². The minimum atomic E-state index is -1.42. The Morgan fingerprint density at radius 1 is 1.16 bits per heavy atom. The molecule has 0 bridgehead atoms. The molecule has 6 nitrogen and oxygen atoms in total. The van der Waals surface area contributed by atoms with E-state index in [2.05, 4.69) is 18.6 Å². The summed E-state index contributed by atoms with van der Waals surface area (Å²) in [7, 11) is 0. The molecule has 1 rings (SSSR count). The lowest BCUT2D eigenvalue weighted by Gasteiger charge is -2.13. The first-order chi connectivity index (χ1) is 8.99. The predicted molar refractivity (Wildman–Crippen MR) is 69.7 cm³/mol. The van der Waals surface area contributed by atoms with E-state index in [-0.39, 0.29) is 0 Å². The van der Waals surface area contributed by atoms with E-state index in [0.717, 1.165) is 0 Å². The molecular weight excluding hydrogens is 252 g/mol. The molecule has 6 heteroatoms. The Balaban J connectivity index is 0.000000399. The Kier molecular flexibility index (Phi) is 8.99. The fourth-order valence-corrected chi connectivity index (χ4v) is 1.50. The number of esters is 1. The van der Waals surface area contributed by atoms with Crippen LogP contribution in [-0.2, 0) is 9.53 Å². The Bertz CT molecular complexity index is 296. The van der Waals surface area contributed by atoms with Crippen molar-refractivity contribution in [1.29, 1.82) is 0 Å². The number of rotatable bonds is 6. The summed E-state index contributed by atoms with van der Waals surface area (Å²) in [4.78, 5) is 10.5. The molecule has 0 aromatic carbocycles. The molecule has 0 aromatic heterocycles. The lowest BCUT2D eigenvalue weighted by atomic mass is 10.2. The number of unbranched alkanes of at least 4 members (excludes halogenated alkanes) is 4. The van der Waals surface area contributed by atoms with Gasteiger partial charge in [0.2, 0.25) is 5.76 Å². The van der Waals surface area contributed by atoms with Crippen molar-refractivity contribution >= 4 is 5.97 Å². The maximum absolute atomic E-state index is 10.5. The first-order valence-corrected chi connectivity index (χ1v) is 6.61. The summed E-state index contributed by atoms with van der Waals surface area (Å²) < 4.78 is 4.32. The molecule has 0 aliphatic carbocycles. The average molecular weight is 276 g/mol. The standard InChI is InChI=1S/C7H16.C6H8O6/c1-3-5-7-6-4-2;7-1-2(8)5-3(9)4(10)6(11)12-5/h3-7H2,1-2H3;2,5,7-10H,1H2/t;2-,5+/m.0/s1. The second kappa shape index (κ2) is 9.63. The third-order valence-electron chi connectivity index (χ3n) is 2.68. The van der Waals surface area contributed by atoms with Crippen LogP contribution in [0.15, 0.2) is 11.5 Å². The van der Waals surface area contributed by atoms with Gasteiger partial charge >= 0.3 is 5.97 Å². The number of ether oxygens (including phenoxy) is 1. The summed E-state index contributed by atoms with van der Waals surface area (Å²) >= 11 is 0.